The van der Waals surface area contributed by atoms with Crippen LogP contribution in [-0.2, 0) is 16.1 Å². The zero-order valence-corrected chi connectivity index (χ0v) is 12.9. The lowest BCUT2D eigenvalue weighted by atomic mass is 10.2. The van der Waals surface area contributed by atoms with Crippen LogP contribution in [0, 0.1) is 0 Å². The number of ether oxygens (including phenoxy) is 1. The number of carbonyl (C=O) groups is 1. The van der Waals surface area contributed by atoms with E-state index in [1.807, 2.05) is 53.1 Å². The second-order valence-electron chi connectivity index (χ2n) is 4.80. The van der Waals surface area contributed by atoms with Crippen LogP contribution in [0.15, 0.2) is 48.5 Å². The highest BCUT2D eigenvalue weighted by atomic mass is 35.5. The second-order valence-corrected chi connectivity index (χ2v) is 5.20. The largest absolute Gasteiger partial charge is 0.465 e. The van der Waals surface area contributed by atoms with Gasteiger partial charge in [0.15, 0.2) is 0 Å². The molecule has 0 unspecified atom stereocenters. The molecule has 4 nitrogen and oxygen atoms in total. The first-order chi connectivity index (χ1) is 10.7. The molecule has 0 saturated carbocycles. The second kappa shape index (κ2) is 6.20. The first-order valence-corrected chi connectivity index (χ1v) is 7.44. The fourth-order valence-corrected chi connectivity index (χ4v) is 2.64. The van der Waals surface area contributed by atoms with Crippen molar-refractivity contribution >= 4 is 28.6 Å². The number of para-hydroxylation sites is 2. The number of aromatic nitrogens is 2. The van der Waals surface area contributed by atoms with Gasteiger partial charge in [0.25, 0.3) is 0 Å². The summed E-state index contributed by atoms with van der Waals surface area (Å²) in [6, 6.07) is 15.2. The van der Waals surface area contributed by atoms with Gasteiger partial charge < -0.3 is 9.30 Å². The van der Waals surface area contributed by atoms with Crippen molar-refractivity contribution in [2.75, 3.05) is 6.61 Å². The molecule has 0 aliphatic heterocycles. The van der Waals surface area contributed by atoms with E-state index in [1.165, 1.54) is 0 Å². The minimum atomic E-state index is -0.293. The molecule has 0 amide bonds. The number of halogens is 1. The van der Waals surface area contributed by atoms with Crippen LogP contribution in [0.3, 0.4) is 0 Å². The van der Waals surface area contributed by atoms with Gasteiger partial charge >= 0.3 is 5.97 Å². The van der Waals surface area contributed by atoms with Crippen LogP contribution < -0.4 is 0 Å². The number of rotatable bonds is 4. The molecule has 0 fully saturated rings. The van der Waals surface area contributed by atoms with E-state index in [-0.39, 0.29) is 12.5 Å². The van der Waals surface area contributed by atoms with E-state index < -0.39 is 0 Å². The standard InChI is InChI=1S/C17H15ClN2O2/c1-2-22-16(21)11-20-15-10-6-5-9-14(15)19-17(20)12-7-3-4-8-13(12)18/h3-10H,2,11H2,1H3. The number of hydrogen-bond acceptors (Lipinski definition) is 3. The highest BCUT2D eigenvalue weighted by Crippen LogP contribution is 2.30. The Labute approximate surface area is 133 Å². The van der Waals surface area contributed by atoms with Crippen molar-refractivity contribution in [2.45, 2.75) is 13.5 Å². The number of imidazole rings is 1. The van der Waals surface area contributed by atoms with Gasteiger partial charge in [-0.2, -0.15) is 0 Å². The molecule has 0 saturated heterocycles. The predicted molar refractivity (Wildman–Crippen MR) is 86.8 cm³/mol. The summed E-state index contributed by atoms with van der Waals surface area (Å²) in [5, 5.41) is 0.600. The molecule has 0 bridgehead atoms. The van der Waals surface area contributed by atoms with Gasteiger partial charge in [-0.05, 0) is 31.2 Å². The summed E-state index contributed by atoms with van der Waals surface area (Å²) in [6.45, 7) is 2.25. The molecule has 22 heavy (non-hydrogen) atoms. The van der Waals surface area contributed by atoms with Gasteiger partial charge in [0.05, 0.1) is 22.7 Å². The van der Waals surface area contributed by atoms with Gasteiger partial charge in [-0.25, -0.2) is 4.98 Å². The monoisotopic (exact) mass is 314 g/mol. The summed E-state index contributed by atoms with van der Waals surface area (Å²) in [6.07, 6.45) is 0. The molecule has 2 aromatic carbocycles. The van der Waals surface area contributed by atoms with Crippen molar-refractivity contribution in [3.63, 3.8) is 0 Å². The fraction of sp³-hybridized carbons (Fsp3) is 0.176. The maximum Gasteiger partial charge on any atom is 0.326 e. The zero-order valence-electron chi connectivity index (χ0n) is 12.1. The molecule has 0 aliphatic rings. The number of hydrogen-bond donors (Lipinski definition) is 0. The Morgan fingerprint density at radius 3 is 2.68 bits per heavy atom. The van der Waals surface area contributed by atoms with Gasteiger partial charge in [0.1, 0.15) is 12.4 Å². The number of esters is 1. The molecule has 0 N–H and O–H groups in total. The van der Waals surface area contributed by atoms with E-state index in [0.717, 1.165) is 16.6 Å². The minimum Gasteiger partial charge on any atom is -0.465 e. The summed E-state index contributed by atoms with van der Waals surface area (Å²) in [4.78, 5) is 16.5. The van der Waals surface area contributed by atoms with Crippen LogP contribution in [0.1, 0.15) is 6.92 Å². The topological polar surface area (TPSA) is 44.1 Å². The van der Waals surface area contributed by atoms with Crippen molar-refractivity contribution in [1.29, 1.82) is 0 Å². The van der Waals surface area contributed by atoms with Crippen LogP contribution in [-0.4, -0.2) is 22.1 Å². The lowest BCUT2D eigenvalue weighted by molar-refractivity contribution is -0.143. The van der Waals surface area contributed by atoms with E-state index in [1.54, 1.807) is 6.92 Å². The van der Waals surface area contributed by atoms with Crippen LogP contribution in [0.2, 0.25) is 5.02 Å². The maximum absolute atomic E-state index is 11.9. The Balaban J connectivity index is 2.17. The normalized spacial score (nSPS) is 10.8. The Morgan fingerprint density at radius 1 is 1.18 bits per heavy atom. The Hall–Kier alpha value is -2.33. The van der Waals surface area contributed by atoms with Crippen LogP contribution in [0.25, 0.3) is 22.4 Å². The molecule has 1 heterocycles. The molecule has 0 atom stereocenters. The molecule has 0 radical (unpaired) electrons. The smallest absolute Gasteiger partial charge is 0.326 e. The fourth-order valence-electron chi connectivity index (χ4n) is 2.42. The Bertz CT molecular complexity index is 826. The van der Waals surface area contributed by atoms with Gasteiger partial charge in [0.2, 0.25) is 0 Å². The molecule has 5 heteroatoms. The van der Waals surface area contributed by atoms with E-state index >= 15 is 0 Å². The van der Waals surface area contributed by atoms with Crippen molar-refractivity contribution < 1.29 is 9.53 Å². The third kappa shape index (κ3) is 2.70. The van der Waals surface area contributed by atoms with E-state index in [9.17, 15) is 4.79 Å². The number of nitrogens with zero attached hydrogens (tertiary/aromatic N) is 2. The molecule has 112 valence electrons. The summed E-state index contributed by atoms with van der Waals surface area (Å²) in [7, 11) is 0. The van der Waals surface area contributed by atoms with Crippen molar-refractivity contribution in [1.82, 2.24) is 9.55 Å². The average molecular weight is 315 g/mol. The molecule has 0 spiro atoms. The minimum absolute atomic E-state index is 0.106. The number of carbonyl (C=O) groups excluding carboxylic acids is 1. The molecule has 1 aromatic heterocycles. The van der Waals surface area contributed by atoms with Gasteiger partial charge in [0, 0.05) is 5.56 Å². The summed E-state index contributed by atoms with van der Waals surface area (Å²) >= 11 is 6.29. The first kappa shape index (κ1) is 14.6. The van der Waals surface area contributed by atoms with Crippen molar-refractivity contribution in [3.8, 4) is 11.4 Å². The SMILES string of the molecule is CCOC(=O)Cn1c(-c2ccccc2Cl)nc2ccccc21. The Morgan fingerprint density at radius 2 is 1.91 bits per heavy atom. The number of fused-ring (bicyclic) bond motifs is 1. The van der Waals surface area contributed by atoms with E-state index in [0.29, 0.717) is 17.5 Å². The molecule has 0 aliphatic carbocycles. The molecule has 3 aromatic rings. The Kier molecular flexibility index (Phi) is 4.11. The number of benzene rings is 2. The summed E-state index contributed by atoms with van der Waals surface area (Å²) in [5.74, 6) is 0.374. The summed E-state index contributed by atoms with van der Waals surface area (Å²) < 4.78 is 6.91. The average Bonchev–Trinajstić information content (AvgIpc) is 2.87. The van der Waals surface area contributed by atoms with E-state index in [4.69, 9.17) is 16.3 Å². The van der Waals surface area contributed by atoms with Crippen LogP contribution in [0.5, 0.6) is 0 Å². The molecular formula is C17H15ClN2O2. The molecule has 3 rings (SSSR count). The van der Waals surface area contributed by atoms with Crippen LogP contribution in [0.4, 0.5) is 0 Å². The lowest BCUT2D eigenvalue weighted by Gasteiger charge is -2.09. The van der Waals surface area contributed by atoms with Crippen molar-refractivity contribution in [3.05, 3.63) is 53.6 Å². The van der Waals surface area contributed by atoms with Gasteiger partial charge in [-0.15, -0.1) is 0 Å². The summed E-state index contributed by atoms with van der Waals surface area (Å²) in [5.41, 5.74) is 2.50. The third-order valence-corrected chi connectivity index (χ3v) is 3.69. The zero-order chi connectivity index (χ0) is 15.5. The highest BCUT2D eigenvalue weighted by molar-refractivity contribution is 6.33. The quantitative estimate of drug-likeness (QED) is 0.686. The van der Waals surface area contributed by atoms with Gasteiger partial charge in [-0.1, -0.05) is 35.9 Å². The van der Waals surface area contributed by atoms with Crippen LogP contribution >= 0.6 is 11.6 Å². The molecular weight excluding hydrogens is 300 g/mol. The van der Waals surface area contributed by atoms with Gasteiger partial charge in [-0.3, -0.25) is 4.79 Å². The van der Waals surface area contributed by atoms with E-state index in [2.05, 4.69) is 4.98 Å². The highest BCUT2D eigenvalue weighted by Gasteiger charge is 2.17. The van der Waals surface area contributed by atoms with Crippen molar-refractivity contribution in [2.24, 2.45) is 0 Å². The first-order valence-electron chi connectivity index (χ1n) is 7.06. The lowest BCUT2D eigenvalue weighted by Crippen LogP contribution is -2.14. The maximum atomic E-state index is 11.9. The third-order valence-electron chi connectivity index (χ3n) is 3.36. The predicted octanol–water partition coefficient (Wildman–Crippen LogP) is 3.92.